The first-order chi connectivity index (χ1) is 34.0. The van der Waals surface area contributed by atoms with Gasteiger partial charge in [-0.25, -0.2) is 4.98 Å². The summed E-state index contributed by atoms with van der Waals surface area (Å²) in [7, 11) is -1.06. The molecular formula is C52H61BrN11O6P. The molecule has 0 radical (unpaired) electrons. The first kappa shape index (κ1) is 48.5. The Morgan fingerprint density at radius 1 is 0.901 bits per heavy atom. The summed E-state index contributed by atoms with van der Waals surface area (Å²) in [5, 5.41) is 10.7. The number of hydrogen-bond donors (Lipinski definition) is 3. The maximum atomic E-state index is 13.8. The van der Waals surface area contributed by atoms with E-state index in [-0.39, 0.29) is 30.1 Å². The highest BCUT2D eigenvalue weighted by molar-refractivity contribution is 9.10. The highest BCUT2D eigenvalue weighted by atomic mass is 79.9. The molecule has 0 bridgehead atoms. The van der Waals surface area contributed by atoms with Crippen molar-refractivity contribution in [1.29, 1.82) is 0 Å². The van der Waals surface area contributed by atoms with Gasteiger partial charge in [0.1, 0.15) is 24.8 Å². The third kappa shape index (κ3) is 9.23. The number of ether oxygens (including phenoxy) is 1. The van der Waals surface area contributed by atoms with E-state index in [0.29, 0.717) is 77.2 Å². The normalized spacial score (nSPS) is 20.0. The number of hydrogen-bond acceptors (Lipinski definition) is 14. The molecule has 17 nitrogen and oxygen atoms in total. The zero-order valence-electron chi connectivity index (χ0n) is 41.1. The quantitative estimate of drug-likeness (QED) is 0.0872. The van der Waals surface area contributed by atoms with Crippen LogP contribution in [0.4, 0.5) is 34.5 Å². The van der Waals surface area contributed by atoms with Crippen molar-refractivity contribution in [3.05, 3.63) is 88.2 Å². The van der Waals surface area contributed by atoms with Crippen molar-refractivity contribution in [2.45, 2.75) is 70.5 Å². The van der Waals surface area contributed by atoms with E-state index in [1.807, 2.05) is 61.2 Å². The van der Waals surface area contributed by atoms with E-state index < -0.39 is 24.6 Å². The number of carbonyl (C=O) groups is 4. The predicted octanol–water partition coefficient (Wildman–Crippen LogP) is 6.84. The average molecular weight is 1050 g/mol. The molecule has 7 heterocycles. The highest BCUT2D eigenvalue weighted by Crippen LogP contribution is 2.45. The highest BCUT2D eigenvalue weighted by Gasteiger charge is 2.50. The second-order valence-electron chi connectivity index (χ2n) is 20.2. The second kappa shape index (κ2) is 19.1. The minimum atomic E-state index is -2.73. The summed E-state index contributed by atoms with van der Waals surface area (Å²) in [6, 6.07) is 17.5. The standard InChI is InChI=1S/C52H61BrN11O6P/c1-7-31-24-40(57-51-55-27-38(53)47(59-51)56-41-28-54-39-11-9-8-10-36(39)46(41)71(5,6)69)44(70-4)26-43(31)61-18-16-33(17-19-61)60-20-22-62(23-21-60)49(67)32-29-63(30-32)34-12-13-35-37(25-34)52(2,3)64(50(35)68)42-14-15-45(65)58-48(42)66/h8-13,24-28,32-33,42H,7,14-23,29-30H2,1-6H3,(H,58,65,66)(H2,55,56,57,59). The number of carbonyl (C=O) groups excluding carboxylic acids is 4. The zero-order chi connectivity index (χ0) is 49.9. The minimum absolute atomic E-state index is 0.0811. The van der Waals surface area contributed by atoms with Gasteiger partial charge in [-0.1, -0.05) is 25.1 Å². The van der Waals surface area contributed by atoms with Crippen LogP contribution in [0.15, 0.2) is 71.5 Å². The summed E-state index contributed by atoms with van der Waals surface area (Å²) < 4.78 is 20.2. The molecule has 1 atom stereocenters. The maximum absolute atomic E-state index is 13.8. The van der Waals surface area contributed by atoms with E-state index in [4.69, 9.17) is 9.72 Å². The van der Waals surface area contributed by atoms with Crippen molar-refractivity contribution in [3.8, 4) is 5.75 Å². The molecular weight excluding hydrogens is 986 g/mol. The monoisotopic (exact) mass is 1050 g/mol. The molecule has 5 aliphatic heterocycles. The van der Waals surface area contributed by atoms with Gasteiger partial charge in [-0.15, -0.1) is 0 Å². The number of piperazine rings is 1. The lowest BCUT2D eigenvalue weighted by molar-refractivity contribution is -0.139. The third-order valence-corrected chi connectivity index (χ3v) is 17.2. The molecule has 372 valence electrons. The first-order valence-corrected chi connectivity index (χ1v) is 28.0. The Morgan fingerprint density at radius 2 is 1.65 bits per heavy atom. The van der Waals surface area contributed by atoms with Crippen molar-refractivity contribution in [1.82, 2.24) is 35.0 Å². The number of imide groups is 1. The smallest absolute Gasteiger partial charge is 0.255 e. The molecule has 3 aromatic carbocycles. The summed E-state index contributed by atoms with van der Waals surface area (Å²) >= 11 is 3.60. The molecule has 0 saturated carbocycles. The number of pyridine rings is 1. The van der Waals surface area contributed by atoms with E-state index >= 15 is 0 Å². The Bertz CT molecular complexity index is 3000. The van der Waals surface area contributed by atoms with E-state index in [9.17, 15) is 23.7 Å². The molecule has 0 spiro atoms. The molecule has 5 aliphatic rings. The number of piperidine rings is 2. The van der Waals surface area contributed by atoms with Crippen molar-refractivity contribution < 1.29 is 28.5 Å². The lowest BCUT2D eigenvalue weighted by Gasteiger charge is -2.46. The van der Waals surface area contributed by atoms with Crippen LogP contribution in [0.25, 0.3) is 10.9 Å². The maximum Gasteiger partial charge on any atom is 0.255 e. The Kier molecular flexibility index (Phi) is 13.1. The van der Waals surface area contributed by atoms with Crippen LogP contribution in [0.1, 0.15) is 67.9 Å². The molecule has 4 amide bonds. The topological polar surface area (TPSA) is 186 Å². The Hall–Kier alpha value is -6.10. The average Bonchev–Trinajstić information content (AvgIpc) is 3.54. The lowest BCUT2D eigenvalue weighted by Crippen LogP contribution is -2.59. The molecule has 1 unspecified atom stereocenters. The largest absolute Gasteiger partial charge is 0.494 e. The third-order valence-electron chi connectivity index (χ3n) is 15.1. The van der Waals surface area contributed by atoms with Gasteiger partial charge >= 0.3 is 0 Å². The Labute approximate surface area is 422 Å². The molecule has 5 aromatic rings. The van der Waals surface area contributed by atoms with Crippen LogP contribution in [0.5, 0.6) is 5.75 Å². The molecule has 10 rings (SSSR count). The van der Waals surface area contributed by atoms with Crippen LogP contribution in [-0.4, -0.2) is 138 Å². The van der Waals surface area contributed by atoms with Gasteiger partial charge < -0.3 is 39.5 Å². The molecule has 71 heavy (non-hydrogen) atoms. The van der Waals surface area contributed by atoms with E-state index in [1.54, 1.807) is 37.7 Å². The van der Waals surface area contributed by atoms with Crippen LogP contribution in [-0.2, 0) is 30.9 Å². The van der Waals surface area contributed by atoms with Gasteiger partial charge in [-0.2, -0.15) is 4.98 Å². The zero-order valence-corrected chi connectivity index (χ0v) is 43.6. The van der Waals surface area contributed by atoms with Gasteiger partial charge in [0.15, 0.2) is 0 Å². The minimum Gasteiger partial charge on any atom is -0.494 e. The fourth-order valence-electron chi connectivity index (χ4n) is 11.3. The van der Waals surface area contributed by atoms with Crippen molar-refractivity contribution >= 4 is 97.4 Å². The number of fused-ring (bicyclic) bond motifs is 2. The van der Waals surface area contributed by atoms with Crippen LogP contribution >= 0.6 is 23.1 Å². The number of nitrogens with zero attached hydrogens (tertiary/aromatic N) is 8. The fraction of sp³-hybridized carbons (Fsp3) is 0.442. The van der Waals surface area contributed by atoms with Crippen LogP contribution in [0.2, 0.25) is 0 Å². The number of benzene rings is 3. The number of rotatable bonds is 12. The van der Waals surface area contributed by atoms with Crippen molar-refractivity contribution in [2.75, 3.05) is 93.2 Å². The molecule has 3 N–H and O–H groups in total. The summed E-state index contributed by atoms with van der Waals surface area (Å²) in [5.74, 6) is 0.745. The van der Waals surface area contributed by atoms with Gasteiger partial charge in [-0.05, 0) is 110 Å². The van der Waals surface area contributed by atoms with Crippen LogP contribution in [0, 0.1) is 5.92 Å². The molecule has 19 heteroatoms. The Morgan fingerprint density at radius 3 is 2.35 bits per heavy atom. The van der Waals surface area contributed by atoms with Gasteiger partial charge in [-0.3, -0.25) is 34.4 Å². The van der Waals surface area contributed by atoms with Gasteiger partial charge in [0, 0.05) is 105 Å². The molecule has 4 saturated heterocycles. The molecule has 4 fully saturated rings. The number of amides is 4. The number of nitrogens with one attached hydrogen (secondary N) is 3. The number of aromatic nitrogens is 3. The summed E-state index contributed by atoms with van der Waals surface area (Å²) in [5.41, 5.74) is 6.15. The Balaban J connectivity index is 0.728. The molecule has 0 aliphatic carbocycles. The van der Waals surface area contributed by atoms with Gasteiger partial charge in [0.05, 0.1) is 46.1 Å². The van der Waals surface area contributed by atoms with Crippen LogP contribution in [0.3, 0.4) is 0 Å². The van der Waals surface area contributed by atoms with E-state index in [1.165, 1.54) is 5.56 Å². The number of halogens is 1. The van der Waals surface area contributed by atoms with Gasteiger partial charge in [0.2, 0.25) is 23.7 Å². The number of aryl methyl sites for hydroxylation is 1. The first-order valence-electron chi connectivity index (χ1n) is 24.6. The summed E-state index contributed by atoms with van der Waals surface area (Å²) in [6.07, 6.45) is 6.76. The van der Waals surface area contributed by atoms with Crippen molar-refractivity contribution in [2.24, 2.45) is 5.92 Å². The number of para-hydroxylation sites is 1. The lowest BCUT2D eigenvalue weighted by atomic mass is 9.90. The van der Waals surface area contributed by atoms with Crippen LogP contribution < -0.4 is 35.8 Å². The number of methoxy groups -OCH3 is 1. The van der Waals surface area contributed by atoms with Gasteiger partial charge in [0.25, 0.3) is 5.91 Å². The second-order valence-corrected chi connectivity index (χ2v) is 24.2. The molecule has 2 aromatic heterocycles. The summed E-state index contributed by atoms with van der Waals surface area (Å²) in [6.45, 7) is 15.8. The SMILES string of the molecule is CCc1cc(Nc2ncc(Br)c(Nc3cnc4ccccc4c3P(C)(C)=O)n2)c(OC)cc1N1CCC(N2CCN(C(=O)C3CN(c4ccc5c(c4)C(C)(C)N(C4CCC(=O)NC4=O)C5=O)C3)CC2)CC1. The summed E-state index contributed by atoms with van der Waals surface area (Å²) in [4.78, 5) is 76.9. The van der Waals surface area contributed by atoms with Crippen molar-refractivity contribution in [3.63, 3.8) is 0 Å². The fourth-order valence-corrected chi connectivity index (χ4v) is 13.1. The predicted molar refractivity (Wildman–Crippen MR) is 280 cm³/mol. The number of anilines is 6. The van der Waals surface area contributed by atoms with E-state index in [0.717, 1.165) is 79.0 Å². The van der Waals surface area contributed by atoms with E-state index in [2.05, 4.69) is 75.6 Å².